The molecule has 0 aliphatic rings. The van der Waals surface area contributed by atoms with Gasteiger partial charge in [-0.2, -0.15) is 0 Å². The fourth-order valence-electron chi connectivity index (χ4n) is 1.88. The maximum absolute atomic E-state index is 12.2. The Bertz CT molecular complexity index is 742. The highest BCUT2D eigenvalue weighted by molar-refractivity contribution is 6.05. The number of terminal acetylenes is 2. The van der Waals surface area contributed by atoms with Crippen molar-refractivity contribution < 1.29 is 4.79 Å². The smallest absolute Gasteiger partial charge is 0.255 e. The second-order valence-electron chi connectivity index (χ2n) is 4.43. The molecule has 0 unspecified atom stereocenters. The minimum atomic E-state index is -0.342. The van der Waals surface area contributed by atoms with Crippen LogP contribution in [0.1, 0.15) is 21.5 Å². The average Bonchev–Trinajstić information content (AvgIpc) is 2.45. The van der Waals surface area contributed by atoms with Crippen molar-refractivity contribution >= 4 is 23.0 Å². The molecule has 5 N–H and O–H groups in total. The van der Waals surface area contributed by atoms with E-state index in [1.165, 1.54) is 0 Å². The maximum Gasteiger partial charge on any atom is 0.255 e. The summed E-state index contributed by atoms with van der Waals surface area (Å²) in [5, 5.41) is 2.72. The lowest BCUT2D eigenvalue weighted by Crippen LogP contribution is -2.13. The lowest BCUT2D eigenvalue weighted by atomic mass is 10.1. The zero-order valence-electron chi connectivity index (χ0n) is 11.2. The van der Waals surface area contributed by atoms with Gasteiger partial charge in [0.1, 0.15) is 0 Å². The average molecular weight is 275 g/mol. The van der Waals surface area contributed by atoms with Gasteiger partial charge in [0.05, 0.1) is 0 Å². The molecule has 0 aliphatic carbocycles. The lowest BCUT2D eigenvalue weighted by molar-refractivity contribution is 0.102. The van der Waals surface area contributed by atoms with Crippen molar-refractivity contribution in [2.24, 2.45) is 0 Å². The predicted molar refractivity (Wildman–Crippen MR) is 85.5 cm³/mol. The molecule has 0 aliphatic heterocycles. The van der Waals surface area contributed by atoms with E-state index in [4.69, 9.17) is 24.3 Å². The molecular weight excluding hydrogens is 262 g/mol. The van der Waals surface area contributed by atoms with Gasteiger partial charge in [-0.15, -0.1) is 12.8 Å². The molecule has 102 valence electrons. The zero-order valence-corrected chi connectivity index (χ0v) is 11.2. The first-order valence-corrected chi connectivity index (χ1v) is 6.07. The molecule has 2 aromatic carbocycles. The zero-order chi connectivity index (χ0) is 15.4. The van der Waals surface area contributed by atoms with Crippen LogP contribution in [0.2, 0.25) is 0 Å². The van der Waals surface area contributed by atoms with Crippen LogP contribution in [0.15, 0.2) is 36.4 Å². The second-order valence-corrected chi connectivity index (χ2v) is 4.43. The highest BCUT2D eigenvalue weighted by Gasteiger charge is 2.09. The number of nitrogen functional groups attached to an aromatic ring is 2. The number of rotatable bonds is 2. The van der Waals surface area contributed by atoms with Crippen LogP contribution in [0.4, 0.5) is 17.1 Å². The topological polar surface area (TPSA) is 81.1 Å². The normalized spacial score (nSPS) is 9.43. The molecule has 0 radical (unpaired) electrons. The van der Waals surface area contributed by atoms with E-state index in [9.17, 15) is 4.79 Å². The van der Waals surface area contributed by atoms with Crippen molar-refractivity contribution in [3.63, 3.8) is 0 Å². The number of nitrogens with two attached hydrogens (primary N) is 2. The van der Waals surface area contributed by atoms with Gasteiger partial charge in [-0.05, 0) is 36.4 Å². The first-order chi connectivity index (χ1) is 10.0. The van der Waals surface area contributed by atoms with Gasteiger partial charge in [0.2, 0.25) is 0 Å². The third-order valence-electron chi connectivity index (χ3n) is 2.76. The van der Waals surface area contributed by atoms with Gasteiger partial charge in [-0.25, -0.2) is 0 Å². The number of amides is 1. The minimum Gasteiger partial charge on any atom is -0.399 e. The van der Waals surface area contributed by atoms with Gasteiger partial charge in [0, 0.05) is 33.8 Å². The van der Waals surface area contributed by atoms with Gasteiger partial charge >= 0.3 is 0 Å². The highest BCUT2D eigenvalue weighted by Crippen LogP contribution is 2.18. The third kappa shape index (κ3) is 3.34. The molecule has 0 atom stereocenters. The molecule has 0 bridgehead atoms. The van der Waals surface area contributed by atoms with Crippen LogP contribution in [-0.4, -0.2) is 5.91 Å². The fourth-order valence-corrected chi connectivity index (χ4v) is 1.88. The Labute approximate surface area is 123 Å². The monoisotopic (exact) mass is 275 g/mol. The Morgan fingerprint density at radius 1 is 0.905 bits per heavy atom. The molecular formula is C17H13N3O. The van der Waals surface area contributed by atoms with E-state index in [1.54, 1.807) is 36.4 Å². The van der Waals surface area contributed by atoms with E-state index in [0.717, 1.165) is 0 Å². The summed E-state index contributed by atoms with van der Waals surface area (Å²) in [5.74, 6) is 4.63. The maximum atomic E-state index is 12.2. The van der Waals surface area contributed by atoms with Crippen molar-refractivity contribution in [2.45, 2.75) is 0 Å². The Hall–Kier alpha value is -3.37. The van der Waals surface area contributed by atoms with Gasteiger partial charge in [0.25, 0.3) is 5.91 Å². The van der Waals surface area contributed by atoms with Crippen molar-refractivity contribution in [2.75, 3.05) is 16.8 Å². The van der Waals surface area contributed by atoms with Crippen molar-refractivity contribution in [3.05, 3.63) is 53.1 Å². The summed E-state index contributed by atoms with van der Waals surface area (Å²) >= 11 is 0. The number of carbonyl (C=O) groups is 1. The SMILES string of the molecule is C#Cc1cc(C#C)cc(NC(=O)c2cc(N)cc(N)c2)c1. The van der Waals surface area contributed by atoms with Gasteiger partial charge in [-0.3, -0.25) is 4.79 Å². The minimum absolute atomic E-state index is 0.342. The summed E-state index contributed by atoms with van der Waals surface area (Å²) in [6.07, 6.45) is 10.7. The lowest BCUT2D eigenvalue weighted by Gasteiger charge is -2.08. The number of benzene rings is 2. The van der Waals surface area contributed by atoms with Crippen molar-refractivity contribution in [1.82, 2.24) is 0 Å². The van der Waals surface area contributed by atoms with E-state index in [1.807, 2.05) is 0 Å². The van der Waals surface area contributed by atoms with E-state index >= 15 is 0 Å². The number of anilines is 3. The summed E-state index contributed by atoms with van der Waals surface area (Å²) < 4.78 is 0. The number of carbonyl (C=O) groups excluding carboxylic acids is 1. The molecule has 0 aromatic heterocycles. The largest absolute Gasteiger partial charge is 0.399 e. The molecule has 21 heavy (non-hydrogen) atoms. The second kappa shape index (κ2) is 5.73. The van der Waals surface area contributed by atoms with Crippen LogP contribution in [0.25, 0.3) is 0 Å². The summed E-state index contributed by atoms with van der Waals surface area (Å²) in [5.41, 5.74) is 14.2. The quantitative estimate of drug-likeness (QED) is 0.579. The van der Waals surface area contributed by atoms with Crippen LogP contribution < -0.4 is 16.8 Å². The van der Waals surface area contributed by atoms with E-state index in [2.05, 4.69) is 17.2 Å². The molecule has 0 fully saturated rings. The molecule has 2 rings (SSSR count). The van der Waals surface area contributed by atoms with Gasteiger partial charge in [-0.1, -0.05) is 11.8 Å². The van der Waals surface area contributed by atoms with Crippen LogP contribution in [0.3, 0.4) is 0 Å². The first-order valence-electron chi connectivity index (χ1n) is 6.07. The Balaban J connectivity index is 2.32. The van der Waals surface area contributed by atoms with E-state index in [-0.39, 0.29) is 5.91 Å². The van der Waals surface area contributed by atoms with E-state index < -0.39 is 0 Å². The van der Waals surface area contributed by atoms with E-state index in [0.29, 0.717) is 33.8 Å². The van der Waals surface area contributed by atoms with Crippen LogP contribution in [-0.2, 0) is 0 Å². The van der Waals surface area contributed by atoms with Crippen LogP contribution in [0.5, 0.6) is 0 Å². The fraction of sp³-hybridized carbons (Fsp3) is 0. The number of hydrogen-bond donors (Lipinski definition) is 3. The molecule has 0 saturated carbocycles. The standard InChI is InChI=1S/C17H13N3O/c1-3-11-5-12(4-2)7-16(6-11)20-17(21)13-8-14(18)10-15(19)9-13/h1-2,5-10H,18-19H2,(H,20,21). The predicted octanol–water partition coefficient (Wildman–Crippen LogP) is 2.07. The van der Waals surface area contributed by atoms with Gasteiger partial charge in [0.15, 0.2) is 0 Å². The van der Waals surface area contributed by atoms with Crippen molar-refractivity contribution in [1.29, 1.82) is 0 Å². The van der Waals surface area contributed by atoms with Gasteiger partial charge < -0.3 is 16.8 Å². The number of nitrogens with one attached hydrogen (secondary N) is 1. The van der Waals surface area contributed by atoms with Crippen molar-refractivity contribution in [3.8, 4) is 24.7 Å². The molecule has 4 nitrogen and oxygen atoms in total. The van der Waals surface area contributed by atoms with Crippen LogP contribution in [0, 0.1) is 24.7 Å². The highest BCUT2D eigenvalue weighted by atomic mass is 16.1. The van der Waals surface area contributed by atoms with Crippen LogP contribution >= 0.6 is 0 Å². The summed E-state index contributed by atoms with van der Waals surface area (Å²) in [7, 11) is 0. The molecule has 0 spiro atoms. The Morgan fingerprint density at radius 3 is 1.90 bits per heavy atom. The molecule has 0 heterocycles. The molecule has 2 aromatic rings. The molecule has 0 saturated heterocycles. The molecule has 1 amide bonds. The Morgan fingerprint density at radius 2 is 1.43 bits per heavy atom. The summed E-state index contributed by atoms with van der Waals surface area (Å²) in [6, 6.07) is 9.67. The number of hydrogen-bond acceptors (Lipinski definition) is 3. The molecule has 4 heteroatoms. The third-order valence-corrected chi connectivity index (χ3v) is 2.76. The summed E-state index contributed by atoms with van der Waals surface area (Å²) in [4.78, 5) is 12.2. The Kier molecular flexibility index (Phi) is 3.83. The first kappa shape index (κ1) is 14.0. The summed E-state index contributed by atoms with van der Waals surface area (Å²) in [6.45, 7) is 0.